The zero-order valence-corrected chi connectivity index (χ0v) is 12.1. The molecule has 1 N–H and O–H groups in total. The highest BCUT2D eigenvalue weighted by Gasteiger charge is 1.98. The maximum absolute atomic E-state index is 11.5. The van der Waals surface area contributed by atoms with E-state index in [1.807, 2.05) is 26.8 Å². The monoisotopic (exact) mass is 250 g/mol. The number of hydrogen-bond donors (Lipinski definition) is 1. The van der Waals surface area contributed by atoms with Crippen LogP contribution in [-0.2, 0) is 4.79 Å². The Morgan fingerprint density at radius 2 is 1.56 bits per heavy atom. The fourth-order valence-corrected chi connectivity index (χ4v) is 1.62. The predicted molar refractivity (Wildman–Crippen MR) is 77.5 cm³/mol. The zero-order valence-electron chi connectivity index (χ0n) is 12.1. The molecule has 0 atom stereocenters. The van der Waals surface area contributed by atoms with Gasteiger partial charge >= 0.3 is 0 Å². The Morgan fingerprint density at radius 3 is 2.11 bits per heavy atom. The van der Waals surface area contributed by atoms with Gasteiger partial charge in [-0.05, 0) is 53.0 Å². The molecular formula is C16H26O2. The minimum Gasteiger partial charge on any atom is -0.392 e. The summed E-state index contributed by atoms with van der Waals surface area (Å²) in [4.78, 5) is 11.5. The van der Waals surface area contributed by atoms with Crippen molar-refractivity contribution in [3.63, 3.8) is 0 Å². The number of aliphatic hydroxyl groups is 1. The number of carbonyl (C=O) groups is 1. The minimum absolute atomic E-state index is 0.117. The molecule has 0 aliphatic carbocycles. The predicted octanol–water partition coefficient (Wildman–Crippen LogP) is 3.97. The van der Waals surface area contributed by atoms with E-state index in [2.05, 4.69) is 13.0 Å². The second kappa shape index (κ2) is 9.84. The molecule has 0 aromatic rings. The van der Waals surface area contributed by atoms with Crippen LogP contribution in [0.2, 0.25) is 0 Å². The third kappa shape index (κ3) is 10.0. The standard InChI is InChI=1S/C16H26O2/c1-13(2)12-16(18)9-8-14(3)6-5-7-15(4)10-11-17/h6,10,12,17H,5,7-9,11H2,1-4H3/b14-6+,15-10+. The second-order valence-corrected chi connectivity index (χ2v) is 5.01. The highest BCUT2D eigenvalue weighted by molar-refractivity contribution is 5.90. The molecule has 0 aromatic carbocycles. The SMILES string of the molecule is CC(C)=CC(=O)CC/C(C)=C/CC/C(C)=C/CO. The molecule has 0 rings (SSSR count). The lowest BCUT2D eigenvalue weighted by atomic mass is 10.0. The quantitative estimate of drug-likeness (QED) is 0.523. The van der Waals surface area contributed by atoms with Gasteiger partial charge in [0.15, 0.2) is 5.78 Å². The van der Waals surface area contributed by atoms with E-state index in [-0.39, 0.29) is 12.4 Å². The van der Waals surface area contributed by atoms with Crippen LogP contribution in [-0.4, -0.2) is 17.5 Å². The Balaban J connectivity index is 3.95. The highest BCUT2D eigenvalue weighted by Crippen LogP contribution is 2.10. The van der Waals surface area contributed by atoms with Crippen molar-refractivity contribution in [2.45, 2.75) is 53.4 Å². The molecule has 2 heteroatoms. The van der Waals surface area contributed by atoms with Crippen molar-refractivity contribution in [3.8, 4) is 0 Å². The maximum atomic E-state index is 11.5. The number of aliphatic hydroxyl groups excluding tert-OH is 1. The molecule has 0 fully saturated rings. The molecule has 0 aliphatic rings. The van der Waals surface area contributed by atoms with Crippen LogP contribution < -0.4 is 0 Å². The lowest BCUT2D eigenvalue weighted by molar-refractivity contribution is -0.114. The first-order chi connectivity index (χ1) is 8.45. The summed E-state index contributed by atoms with van der Waals surface area (Å²) in [5.41, 5.74) is 3.54. The summed E-state index contributed by atoms with van der Waals surface area (Å²) in [6.45, 7) is 8.10. The molecule has 0 amide bonds. The van der Waals surface area contributed by atoms with Gasteiger partial charge in [0.25, 0.3) is 0 Å². The zero-order chi connectivity index (χ0) is 14.0. The fraction of sp³-hybridized carbons (Fsp3) is 0.562. The number of rotatable bonds is 8. The summed E-state index contributed by atoms with van der Waals surface area (Å²) in [6.07, 6.45) is 9.11. The van der Waals surface area contributed by atoms with E-state index < -0.39 is 0 Å². The van der Waals surface area contributed by atoms with Gasteiger partial charge in [0.2, 0.25) is 0 Å². The molecule has 0 aliphatic heterocycles. The number of hydrogen-bond acceptors (Lipinski definition) is 2. The summed E-state index contributed by atoms with van der Waals surface area (Å²) in [6, 6.07) is 0. The van der Waals surface area contributed by atoms with Gasteiger partial charge < -0.3 is 5.11 Å². The first-order valence-corrected chi connectivity index (χ1v) is 6.55. The molecule has 0 heterocycles. The normalized spacial score (nSPS) is 12.5. The van der Waals surface area contributed by atoms with Crippen LogP contribution in [0.4, 0.5) is 0 Å². The molecule has 18 heavy (non-hydrogen) atoms. The molecule has 0 unspecified atom stereocenters. The lowest BCUT2D eigenvalue weighted by Gasteiger charge is -2.01. The van der Waals surface area contributed by atoms with Gasteiger partial charge in [0.1, 0.15) is 0 Å². The van der Waals surface area contributed by atoms with Gasteiger partial charge in [-0.15, -0.1) is 0 Å². The van der Waals surface area contributed by atoms with Crippen molar-refractivity contribution < 1.29 is 9.90 Å². The van der Waals surface area contributed by atoms with Gasteiger partial charge in [-0.2, -0.15) is 0 Å². The van der Waals surface area contributed by atoms with Crippen LogP contribution in [0, 0.1) is 0 Å². The van der Waals surface area contributed by atoms with Crippen LogP contribution in [0.15, 0.2) is 34.9 Å². The Labute approximate surface area is 111 Å². The average Bonchev–Trinajstić information content (AvgIpc) is 2.26. The smallest absolute Gasteiger partial charge is 0.155 e. The molecule has 0 spiro atoms. The second-order valence-electron chi connectivity index (χ2n) is 5.01. The van der Waals surface area contributed by atoms with Crippen LogP contribution in [0.1, 0.15) is 53.4 Å². The average molecular weight is 250 g/mol. The molecule has 0 bridgehead atoms. The molecule has 102 valence electrons. The molecule has 0 aromatic heterocycles. The van der Waals surface area contributed by atoms with Gasteiger partial charge in [-0.1, -0.05) is 28.9 Å². The van der Waals surface area contributed by atoms with Crippen LogP contribution in [0.5, 0.6) is 0 Å². The molecular weight excluding hydrogens is 224 g/mol. The molecule has 0 radical (unpaired) electrons. The summed E-state index contributed by atoms with van der Waals surface area (Å²) in [5.74, 6) is 0.208. The first kappa shape index (κ1) is 16.9. The minimum atomic E-state index is 0.117. The molecule has 2 nitrogen and oxygen atoms in total. The van der Waals surface area contributed by atoms with Crippen molar-refractivity contribution in [3.05, 3.63) is 34.9 Å². The van der Waals surface area contributed by atoms with E-state index in [1.54, 1.807) is 6.08 Å². The third-order valence-electron chi connectivity index (χ3n) is 2.69. The number of ketones is 1. The summed E-state index contributed by atoms with van der Waals surface area (Å²) in [5, 5.41) is 8.73. The van der Waals surface area contributed by atoms with E-state index in [0.29, 0.717) is 6.42 Å². The van der Waals surface area contributed by atoms with Crippen molar-refractivity contribution in [1.29, 1.82) is 0 Å². The summed E-state index contributed by atoms with van der Waals surface area (Å²) in [7, 11) is 0. The van der Waals surface area contributed by atoms with Crippen LogP contribution in [0.25, 0.3) is 0 Å². The van der Waals surface area contributed by atoms with Gasteiger partial charge in [-0.25, -0.2) is 0 Å². The maximum Gasteiger partial charge on any atom is 0.155 e. The molecule has 0 saturated carbocycles. The number of allylic oxidation sites excluding steroid dienone is 5. The third-order valence-corrected chi connectivity index (χ3v) is 2.69. The van der Waals surface area contributed by atoms with Gasteiger partial charge in [0.05, 0.1) is 6.61 Å². The Bertz CT molecular complexity index is 342. The summed E-state index contributed by atoms with van der Waals surface area (Å²) >= 11 is 0. The van der Waals surface area contributed by atoms with Crippen LogP contribution >= 0.6 is 0 Å². The molecule has 0 saturated heterocycles. The highest BCUT2D eigenvalue weighted by atomic mass is 16.2. The Kier molecular flexibility index (Phi) is 9.21. The lowest BCUT2D eigenvalue weighted by Crippen LogP contribution is -1.94. The van der Waals surface area contributed by atoms with Crippen molar-refractivity contribution in [2.24, 2.45) is 0 Å². The topological polar surface area (TPSA) is 37.3 Å². The van der Waals surface area contributed by atoms with E-state index >= 15 is 0 Å². The van der Waals surface area contributed by atoms with Crippen LogP contribution in [0.3, 0.4) is 0 Å². The first-order valence-electron chi connectivity index (χ1n) is 6.55. The fourth-order valence-electron chi connectivity index (χ4n) is 1.62. The Hall–Kier alpha value is -1.15. The van der Waals surface area contributed by atoms with Crippen molar-refractivity contribution in [1.82, 2.24) is 0 Å². The van der Waals surface area contributed by atoms with Crippen molar-refractivity contribution >= 4 is 5.78 Å². The van der Waals surface area contributed by atoms with E-state index in [9.17, 15) is 4.79 Å². The van der Waals surface area contributed by atoms with E-state index in [1.165, 1.54) is 11.1 Å². The Morgan fingerprint density at radius 1 is 0.944 bits per heavy atom. The van der Waals surface area contributed by atoms with E-state index in [0.717, 1.165) is 24.8 Å². The van der Waals surface area contributed by atoms with Crippen molar-refractivity contribution in [2.75, 3.05) is 6.61 Å². The largest absolute Gasteiger partial charge is 0.392 e. The number of carbonyl (C=O) groups excluding carboxylic acids is 1. The van der Waals surface area contributed by atoms with E-state index in [4.69, 9.17) is 5.11 Å². The summed E-state index contributed by atoms with van der Waals surface area (Å²) < 4.78 is 0. The van der Waals surface area contributed by atoms with Gasteiger partial charge in [-0.3, -0.25) is 4.79 Å². The van der Waals surface area contributed by atoms with Gasteiger partial charge in [0, 0.05) is 6.42 Å².